The van der Waals surface area contributed by atoms with Crippen LogP contribution in [0.25, 0.3) is 0 Å². The Balaban J connectivity index is 1.69. The summed E-state index contributed by atoms with van der Waals surface area (Å²) in [6.45, 7) is 2.29. The number of hydrogen-bond acceptors (Lipinski definition) is 7. The Bertz CT molecular complexity index is 583. The minimum atomic E-state index is -0.733. The van der Waals surface area contributed by atoms with Crippen LogP contribution < -0.4 is 4.74 Å². The molecule has 130 valence electrons. The highest BCUT2D eigenvalue weighted by molar-refractivity contribution is 5.60. The third-order valence-electron chi connectivity index (χ3n) is 3.79. The van der Waals surface area contributed by atoms with Crippen molar-refractivity contribution in [3.63, 3.8) is 0 Å². The molecule has 0 N–H and O–H groups in total. The monoisotopic (exact) mass is 336 g/mol. The van der Waals surface area contributed by atoms with Crippen LogP contribution >= 0.6 is 0 Å². The molecule has 0 bridgehead atoms. The predicted molar refractivity (Wildman–Crippen MR) is 82.5 cm³/mol. The lowest BCUT2D eigenvalue weighted by Gasteiger charge is -2.40. The Kier molecular flexibility index (Phi) is 5.22. The molecule has 2 aliphatic heterocycles. The zero-order chi connectivity index (χ0) is 16.9. The van der Waals surface area contributed by atoms with Gasteiger partial charge in [-0.05, 0) is 25.1 Å². The molecular weight excluding hydrogens is 316 g/mol. The molecule has 7 heteroatoms. The molecule has 0 aromatic heterocycles. The molecule has 0 spiro atoms. The summed E-state index contributed by atoms with van der Waals surface area (Å²) in [7, 11) is 1.61. The van der Waals surface area contributed by atoms with E-state index in [4.69, 9.17) is 28.4 Å². The van der Waals surface area contributed by atoms with E-state index in [1.54, 1.807) is 20.1 Å². The third kappa shape index (κ3) is 3.63. The number of rotatable bonds is 4. The summed E-state index contributed by atoms with van der Waals surface area (Å²) in [4.78, 5) is 11.6. The average Bonchev–Trinajstić information content (AvgIpc) is 2.62. The van der Waals surface area contributed by atoms with E-state index < -0.39 is 24.7 Å². The second kappa shape index (κ2) is 7.55. The molecule has 4 atom stereocenters. The molecule has 0 saturated carbocycles. The van der Waals surface area contributed by atoms with Gasteiger partial charge in [0, 0.05) is 5.56 Å². The zero-order valence-corrected chi connectivity index (χ0v) is 13.5. The summed E-state index contributed by atoms with van der Waals surface area (Å²) in [5.74, 6) is 0.750. The smallest absolute Gasteiger partial charge is 0.497 e. The van der Waals surface area contributed by atoms with Gasteiger partial charge in [-0.15, -0.1) is 0 Å². The topological polar surface area (TPSA) is 72.5 Å². The normalized spacial score (nSPS) is 28.4. The number of methoxy groups -OCH3 is 1. The Morgan fingerprint density at radius 2 is 2.08 bits per heavy atom. The van der Waals surface area contributed by atoms with Crippen molar-refractivity contribution in [2.75, 3.05) is 20.3 Å². The van der Waals surface area contributed by atoms with Crippen molar-refractivity contribution in [1.82, 2.24) is 0 Å². The Morgan fingerprint density at radius 3 is 2.79 bits per heavy atom. The van der Waals surface area contributed by atoms with Gasteiger partial charge in [0.2, 0.25) is 0 Å². The molecule has 7 nitrogen and oxygen atoms in total. The fraction of sp³-hybridized carbons (Fsp3) is 0.471. The van der Waals surface area contributed by atoms with Crippen molar-refractivity contribution in [2.24, 2.45) is 0 Å². The molecule has 1 saturated heterocycles. The molecule has 1 unspecified atom stereocenters. The maximum Gasteiger partial charge on any atom is 0.508 e. The van der Waals surface area contributed by atoms with E-state index in [0.717, 1.165) is 11.3 Å². The van der Waals surface area contributed by atoms with E-state index in [9.17, 15) is 4.79 Å². The van der Waals surface area contributed by atoms with Crippen LogP contribution in [0.1, 0.15) is 18.8 Å². The highest BCUT2D eigenvalue weighted by Gasteiger charge is 2.42. The van der Waals surface area contributed by atoms with Gasteiger partial charge >= 0.3 is 6.16 Å². The Labute approximate surface area is 140 Å². The lowest BCUT2D eigenvalue weighted by Crippen LogP contribution is -2.50. The number of carbonyl (C=O) groups excluding carboxylic acids is 1. The maximum absolute atomic E-state index is 11.6. The number of hydrogen-bond donors (Lipinski definition) is 0. The van der Waals surface area contributed by atoms with Crippen LogP contribution in [0.2, 0.25) is 0 Å². The van der Waals surface area contributed by atoms with Gasteiger partial charge in [0.15, 0.2) is 18.5 Å². The largest absolute Gasteiger partial charge is 0.508 e. The molecule has 1 aromatic rings. The molecule has 0 aliphatic carbocycles. The first-order valence-corrected chi connectivity index (χ1v) is 7.78. The van der Waals surface area contributed by atoms with E-state index in [-0.39, 0.29) is 12.7 Å². The van der Waals surface area contributed by atoms with Crippen LogP contribution in [0.15, 0.2) is 36.6 Å². The van der Waals surface area contributed by atoms with Crippen LogP contribution in [-0.4, -0.2) is 44.8 Å². The van der Waals surface area contributed by atoms with Crippen LogP contribution in [0.4, 0.5) is 4.79 Å². The molecular formula is C17H20O7. The number of fused-ring (bicyclic) bond motifs is 1. The molecule has 0 amide bonds. The first kappa shape index (κ1) is 16.6. The lowest BCUT2D eigenvalue weighted by molar-refractivity contribution is -0.276. The molecule has 1 aromatic carbocycles. The van der Waals surface area contributed by atoms with Crippen LogP contribution in [0.3, 0.4) is 0 Å². The summed E-state index contributed by atoms with van der Waals surface area (Å²) < 4.78 is 32.4. The summed E-state index contributed by atoms with van der Waals surface area (Å²) in [6, 6.07) is 7.39. The van der Waals surface area contributed by atoms with Gasteiger partial charge in [-0.3, -0.25) is 0 Å². The van der Waals surface area contributed by atoms with Crippen molar-refractivity contribution in [2.45, 2.75) is 31.5 Å². The van der Waals surface area contributed by atoms with E-state index in [1.807, 2.05) is 24.3 Å². The summed E-state index contributed by atoms with van der Waals surface area (Å²) in [5.41, 5.74) is 0.846. The fourth-order valence-corrected chi connectivity index (χ4v) is 2.59. The molecule has 0 radical (unpaired) electrons. The van der Waals surface area contributed by atoms with Gasteiger partial charge in [-0.25, -0.2) is 4.79 Å². The summed E-state index contributed by atoms with van der Waals surface area (Å²) in [5, 5.41) is 0. The summed E-state index contributed by atoms with van der Waals surface area (Å²) in [6.07, 6.45) is 0.418. The standard InChI is InChI=1S/C17H20O7/c1-3-20-17(18)23-13-8-9-21-14-10-22-16(24-15(13)14)11-4-6-12(19-2)7-5-11/h4-9,13-16H,3,10H2,1-2H3/t13-,14-,15+,16?/m1/s1. The van der Waals surface area contributed by atoms with Gasteiger partial charge in [0.1, 0.15) is 11.9 Å². The number of carbonyl (C=O) groups is 1. The van der Waals surface area contributed by atoms with Crippen LogP contribution in [0, 0.1) is 0 Å². The molecule has 1 fully saturated rings. The SMILES string of the molecule is CCOC(=O)O[C@@H]1C=CO[C@@H]2COC(c3ccc(OC)cc3)O[C@@H]12. The minimum absolute atomic E-state index is 0.248. The van der Waals surface area contributed by atoms with Crippen molar-refractivity contribution < 1.29 is 33.2 Å². The van der Waals surface area contributed by atoms with Crippen molar-refractivity contribution in [3.8, 4) is 5.75 Å². The number of ether oxygens (including phenoxy) is 6. The van der Waals surface area contributed by atoms with Gasteiger partial charge in [-0.1, -0.05) is 12.1 Å². The fourth-order valence-electron chi connectivity index (χ4n) is 2.59. The van der Waals surface area contributed by atoms with E-state index in [2.05, 4.69) is 0 Å². The quantitative estimate of drug-likeness (QED) is 0.782. The second-order valence-electron chi connectivity index (χ2n) is 5.31. The van der Waals surface area contributed by atoms with Crippen molar-refractivity contribution >= 4 is 6.16 Å². The molecule has 2 aliphatic rings. The van der Waals surface area contributed by atoms with Crippen molar-refractivity contribution in [1.29, 1.82) is 0 Å². The van der Waals surface area contributed by atoms with E-state index in [1.165, 1.54) is 6.26 Å². The van der Waals surface area contributed by atoms with E-state index >= 15 is 0 Å². The van der Waals surface area contributed by atoms with Crippen LogP contribution in [0.5, 0.6) is 5.75 Å². The van der Waals surface area contributed by atoms with E-state index in [0.29, 0.717) is 6.61 Å². The predicted octanol–water partition coefficient (Wildman–Crippen LogP) is 2.56. The van der Waals surface area contributed by atoms with Gasteiger partial charge in [-0.2, -0.15) is 0 Å². The van der Waals surface area contributed by atoms with Gasteiger partial charge in [0.05, 0.1) is 26.6 Å². The number of benzene rings is 1. The average molecular weight is 336 g/mol. The maximum atomic E-state index is 11.6. The Morgan fingerprint density at radius 1 is 1.29 bits per heavy atom. The Hall–Kier alpha value is -2.25. The molecule has 24 heavy (non-hydrogen) atoms. The first-order valence-electron chi connectivity index (χ1n) is 7.78. The van der Waals surface area contributed by atoms with Gasteiger partial charge in [0.25, 0.3) is 0 Å². The van der Waals surface area contributed by atoms with Crippen LogP contribution in [-0.2, 0) is 23.7 Å². The second-order valence-corrected chi connectivity index (χ2v) is 5.31. The first-order chi connectivity index (χ1) is 11.7. The molecule has 2 heterocycles. The highest BCUT2D eigenvalue weighted by atomic mass is 16.8. The zero-order valence-electron chi connectivity index (χ0n) is 13.5. The lowest BCUT2D eigenvalue weighted by atomic mass is 10.0. The molecule has 3 rings (SSSR count). The summed E-state index contributed by atoms with van der Waals surface area (Å²) >= 11 is 0. The van der Waals surface area contributed by atoms with Gasteiger partial charge < -0.3 is 28.4 Å². The minimum Gasteiger partial charge on any atom is -0.497 e. The van der Waals surface area contributed by atoms with Crippen molar-refractivity contribution in [3.05, 3.63) is 42.2 Å². The highest BCUT2D eigenvalue weighted by Crippen LogP contribution is 2.33. The third-order valence-corrected chi connectivity index (χ3v) is 3.79.